The summed E-state index contributed by atoms with van der Waals surface area (Å²) in [4.78, 5) is 1.67. The molecule has 0 aromatic heterocycles. The number of alkyl halides is 4. The first-order valence-corrected chi connectivity index (χ1v) is 6.63. The molecule has 0 spiro atoms. The van der Waals surface area contributed by atoms with Crippen molar-refractivity contribution in [2.75, 3.05) is 19.6 Å². The van der Waals surface area contributed by atoms with E-state index in [4.69, 9.17) is 5.73 Å². The fraction of sp³-hybridized carbons (Fsp3) is 0.571. The van der Waals surface area contributed by atoms with Crippen LogP contribution in [0.2, 0.25) is 0 Å². The second-order valence-electron chi connectivity index (χ2n) is 5.24. The molecular weight excluding hydrogens is 272 g/mol. The van der Waals surface area contributed by atoms with Crippen LogP contribution in [0.5, 0.6) is 0 Å². The van der Waals surface area contributed by atoms with Crippen LogP contribution < -0.4 is 5.73 Å². The Morgan fingerprint density at radius 2 is 1.70 bits per heavy atom. The molecular formula is C14H18F4N2. The predicted octanol–water partition coefficient (Wildman–Crippen LogP) is 3.14. The van der Waals surface area contributed by atoms with Crippen LogP contribution in [0.1, 0.15) is 30.4 Å². The van der Waals surface area contributed by atoms with E-state index in [1.54, 1.807) is 4.90 Å². The van der Waals surface area contributed by atoms with Gasteiger partial charge in [-0.2, -0.15) is 8.78 Å². The molecule has 2 rings (SSSR count). The maximum absolute atomic E-state index is 14.1. The summed E-state index contributed by atoms with van der Waals surface area (Å²) >= 11 is 0. The molecule has 1 heterocycles. The van der Waals surface area contributed by atoms with Crippen LogP contribution in [0.4, 0.5) is 17.6 Å². The summed E-state index contributed by atoms with van der Waals surface area (Å²) in [5.41, 5.74) is 5.26. The summed E-state index contributed by atoms with van der Waals surface area (Å²) in [7, 11) is 0. The maximum atomic E-state index is 14.1. The van der Waals surface area contributed by atoms with Crippen molar-refractivity contribution in [3.63, 3.8) is 0 Å². The predicted molar refractivity (Wildman–Crippen MR) is 68.9 cm³/mol. The molecule has 112 valence electrons. The zero-order chi connectivity index (χ0) is 14.8. The third-order valence-corrected chi connectivity index (χ3v) is 3.64. The van der Waals surface area contributed by atoms with E-state index in [0.29, 0.717) is 25.9 Å². The lowest BCUT2D eigenvalue weighted by molar-refractivity contribution is -0.0425. The number of hydrogen-bond acceptors (Lipinski definition) is 2. The van der Waals surface area contributed by atoms with E-state index < -0.39 is 18.9 Å². The zero-order valence-electron chi connectivity index (χ0n) is 11.0. The van der Waals surface area contributed by atoms with Gasteiger partial charge in [0.05, 0.1) is 6.54 Å². The Bertz CT molecular complexity index is 425. The van der Waals surface area contributed by atoms with E-state index in [2.05, 4.69) is 0 Å². The van der Waals surface area contributed by atoms with Crippen molar-refractivity contribution in [3.05, 3.63) is 35.4 Å². The minimum Gasteiger partial charge on any atom is -0.328 e. The lowest BCUT2D eigenvalue weighted by atomic mass is 10.0. The number of nitrogens with zero attached hydrogens (tertiary/aromatic N) is 1. The standard InChI is InChI=1S/C14H18F4N2/c15-13(16)10-1-3-11(4-2-10)14(17,18)9-20-7-5-12(19)6-8-20/h1-4,12-13H,5-9,19H2. The van der Waals surface area contributed by atoms with Crippen LogP contribution in [0.3, 0.4) is 0 Å². The van der Waals surface area contributed by atoms with Crippen molar-refractivity contribution in [2.24, 2.45) is 5.73 Å². The normalized spacial score (nSPS) is 18.7. The molecule has 2 N–H and O–H groups in total. The van der Waals surface area contributed by atoms with Gasteiger partial charge in [-0.1, -0.05) is 24.3 Å². The Hall–Kier alpha value is -1.14. The minimum absolute atomic E-state index is 0.0881. The molecule has 1 aromatic rings. The highest BCUT2D eigenvalue weighted by molar-refractivity contribution is 5.26. The molecule has 0 aliphatic carbocycles. The lowest BCUT2D eigenvalue weighted by Gasteiger charge is -2.32. The summed E-state index contributed by atoms with van der Waals surface area (Å²) in [5.74, 6) is -3.04. The molecule has 1 aromatic carbocycles. The molecule has 0 radical (unpaired) electrons. The van der Waals surface area contributed by atoms with Gasteiger partial charge < -0.3 is 5.73 Å². The first-order valence-electron chi connectivity index (χ1n) is 6.63. The summed E-state index contributed by atoms with van der Waals surface area (Å²) < 4.78 is 53.0. The number of piperidine rings is 1. The Balaban J connectivity index is 2.02. The molecule has 2 nitrogen and oxygen atoms in total. The van der Waals surface area contributed by atoms with Gasteiger partial charge in [0, 0.05) is 17.2 Å². The molecule has 0 bridgehead atoms. The van der Waals surface area contributed by atoms with Gasteiger partial charge in [-0.05, 0) is 25.9 Å². The lowest BCUT2D eigenvalue weighted by Crippen LogP contribution is -2.44. The van der Waals surface area contributed by atoms with Crippen LogP contribution in [0.25, 0.3) is 0 Å². The van der Waals surface area contributed by atoms with Crippen molar-refractivity contribution >= 4 is 0 Å². The van der Waals surface area contributed by atoms with Gasteiger partial charge in [0.25, 0.3) is 12.3 Å². The van der Waals surface area contributed by atoms with Crippen LogP contribution in [-0.4, -0.2) is 30.6 Å². The Morgan fingerprint density at radius 1 is 1.15 bits per heavy atom. The van der Waals surface area contributed by atoms with Crippen molar-refractivity contribution < 1.29 is 17.6 Å². The van der Waals surface area contributed by atoms with Gasteiger partial charge in [-0.15, -0.1) is 0 Å². The summed E-state index contributed by atoms with van der Waals surface area (Å²) in [6, 6.07) is 4.36. The van der Waals surface area contributed by atoms with E-state index in [-0.39, 0.29) is 17.2 Å². The topological polar surface area (TPSA) is 29.3 Å². The maximum Gasteiger partial charge on any atom is 0.285 e. The van der Waals surface area contributed by atoms with E-state index in [1.807, 2.05) is 0 Å². The Labute approximate surface area is 115 Å². The second-order valence-corrected chi connectivity index (χ2v) is 5.24. The second kappa shape index (κ2) is 6.10. The third kappa shape index (κ3) is 3.70. The number of halogens is 4. The molecule has 6 heteroatoms. The largest absolute Gasteiger partial charge is 0.328 e. The van der Waals surface area contributed by atoms with E-state index in [9.17, 15) is 17.6 Å². The summed E-state index contributed by atoms with van der Waals surface area (Å²) in [6.45, 7) is 0.700. The number of hydrogen-bond donors (Lipinski definition) is 1. The average molecular weight is 290 g/mol. The summed E-state index contributed by atoms with van der Waals surface area (Å²) in [6.07, 6.45) is -1.22. The fourth-order valence-corrected chi connectivity index (χ4v) is 2.36. The minimum atomic E-state index is -3.04. The smallest absolute Gasteiger partial charge is 0.285 e. The van der Waals surface area contributed by atoms with E-state index in [1.165, 1.54) is 0 Å². The van der Waals surface area contributed by atoms with Crippen LogP contribution >= 0.6 is 0 Å². The van der Waals surface area contributed by atoms with Crippen molar-refractivity contribution in [1.29, 1.82) is 0 Å². The van der Waals surface area contributed by atoms with Gasteiger partial charge in [0.15, 0.2) is 0 Å². The zero-order valence-corrected chi connectivity index (χ0v) is 11.0. The third-order valence-electron chi connectivity index (χ3n) is 3.64. The highest BCUT2D eigenvalue weighted by Crippen LogP contribution is 2.31. The number of benzene rings is 1. The van der Waals surface area contributed by atoms with Crippen LogP contribution in [0.15, 0.2) is 24.3 Å². The van der Waals surface area contributed by atoms with E-state index in [0.717, 1.165) is 24.3 Å². The number of rotatable bonds is 4. The van der Waals surface area contributed by atoms with E-state index >= 15 is 0 Å². The quantitative estimate of drug-likeness (QED) is 0.863. The van der Waals surface area contributed by atoms with Crippen molar-refractivity contribution in [1.82, 2.24) is 4.90 Å². The van der Waals surface area contributed by atoms with Gasteiger partial charge in [-0.3, -0.25) is 4.90 Å². The van der Waals surface area contributed by atoms with Gasteiger partial charge in [0.2, 0.25) is 0 Å². The summed E-state index contributed by atoms with van der Waals surface area (Å²) in [5, 5.41) is 0. The average Bonchev–Trinajstić information content (AvgIpc) is 2.41. The highest BCUT2D eigenvalue weighted by Gasteiger charge is 2.35. The van der Waals surface area contributed by atoms with Crippen molar-refractivity contribution in [3.8, 4) is 0 Å². The monoisotopic (exact) mass is 290 g/mol. The highest BCUT2D eigenvalue weighted by atomic mass is 19.3. The number of nitrogens with two attached hydrogens (primary N) is 1. The molecule has 1 saturated heterocycles. The molecule has 1 fully saturated rings. The molecule has 1 aliphatic heterocycles. The Kier molecular flexibility index (Phi) is 4.65. The first-order chi connectivity index (χ1) is 9.38. The number of likely N-dealkylation sites (tertiary alicyclic amines) is 1. The molecule has 20 heavy (non-hydrogen) atoms. The van der Waals surface area contributed by atoms with Gasteiger partial charge >= 0.3 is 0 Å². The van der Waals surface area contributed by atoms with Crippen LogP contribution in [0, 0.1) is 0 Å². The van der Waals surface area contributed by atoms with Gasteiger partial charge in [0.1, 0.15) is 0 Å². The molecule has 0 unspecified atom stereocenters. The van der Waals surface area contributed by atoms with Crippen molar-refractivity contribution in [2.45, 2.75) is 31.2 Å². The molecule has 0 atom stereocenters. The Morgan fingerprint density at radius 3 is 2.20 bits per heavy atom. The molecule has 1 aliphatic rings. The first kappa shape index (κ1) is 15.3. The molecule has 0 saturated carbocycles. The van der Waals surface area contributed by atoms with Gasteiger partial charge in [-0.25, -0.2) is 8.78 Å². The fourth-order valence-electron chi connectivity index (χ4n) is 2.36. The SMILES string of the molecule is NC1CCN(CC(F)(F)c2ccc(C(F)F)cc2)CC1. The van der Waals surface area contributed by atoms with Crippen LogP contribution in [-0.2, 0) is 5.92 Å². The molecule has 0 amide bonds.